The molecular weight excluding hydrogens is 250 g/mol. The normalized spacial score (nSPS) is 13.4. The van der Waals surface area contributed by atoms with Crippen molar-refractivity contribution in [2.45, 2.75) is 13.3 Å². The van der Waals surface area contributed by atoms with Gasteiger partial charge in [-0.3, -0.25) is 19.2 Å². The van der Waals surface area contributed by atoms with Gasteiger partial charge in [0.2, 0.25) is 5.91 Å². The summed E-state index contributed by atoms with van der Waals surface area (Å²) < 4.78 is 4.61. The van der Waals surface area contributed by atoms with Crippen molar-refractivity contribution in [3.8, 4) is 0 Å². The minimum atomic E-state index is -0.871. The van der Waals surface area contributed by atoms with E-state index < -0.39 is 30.1 Å². The molecular formula is C13H11NO5. The van der Waals surface area contributed by atoms with Crippen LogP contribution in [0.3, 0.4) is 0 Å². The molecule has 0 fully saturated rings. The largest absolute Gasteiger partial charge is 0.466 e. The van der Waals surface area contributed by atoms with E-state index >= 15 is 0 Å². The van der Waals surface area contributed by atoms with E-state index in [0.29, 0.717) is 4.90 Å². The van der Waals surface area contributed by atoms with E-state index in [1.165, 1.54) is 12.1 Å². The first kappa shape index (κ1) is 12.9. The number of esters is 1. The summed E-state index contributed by atoms with van der Waals surface area (Å²) in [5.41, 5.74) is 0.342. The minimum Gasteiger partial charge on any atom is -0.466 e. The second-order valence-electron chi connectivity index (χ2n) is 3.87. The van der Waals surface area contributed by atoms with Crippen molar-refractivity contribution in [2.24, 2.45) is 0 Å². The zero-order valence-corrected chi connectivity index (χ0v) is 10.2. The highest BCUT2D eigenvalue weighted by Crippen LogP contribution is 2.23. The predicted molar refractivity (Wildman–Crippen MR) is 63.2 cm³/mol. The molecule has 0 unspecified atom stereocenters. The fourth-order valence-corrected chi connectivity index (χ4v) is 1.83. The molecule has 0 saturated heterocycles. The fourth-order valence-electron chi connectivity index (χ4n) is 1.83. The molecule has 0 spiro atoms. The molecule has 6 heteroatoms. The first-order chi connectivity index (χ1) is 9.06. The van der Waals surface area contributed by atoms with Gasteiger partial charge in [0.05, 0.1) is 17.7 Å². The lowest BCUT2D eigenvalue weighted by atomic mass is 10.1. The van der Waals surface area contributed by atoms with Crippen LogP contribution in [-0.2, 0) is 14.3 Å². The maximum atomic E-state index is 11.9. The van der Waals surface area contributed by atoms with E-state index in [4.69, 9.17) is 0 Å². The van der Waals surface area contributed by atoms with E-state index in [1.54, 1.807) is 19.1 Å². The monoisotopic (exact) mass is 261 g/mol. The maximum absolute atomic E-state index is 11.9. The quantitative estimate of drug-likeness (QED) is 0.456. The molecule has 0 aromatic heterocycles. The number of imide groups is 3. The summed E-state index contributed by atoms with van der Waals surface area (Å²) in [5, 5.41) is 0. The Morgan fingerprint density at radius 2 is 1.63 bits per heavy atom. The van der Waals surface area contributed by atoms with Crippen molar-refractivity contribution in [3.63, 3.8) is 0 Å². The van der Waals surface area contributed by atoms with Gasteiger partial charge in [0.1, 0.15) is 6.42 Å². The average molecular weight is 261 g/mol. The van der Waals surface area contributed by atoms with Gasteiger partial charge in [0.25, 0.3) is 11.8 Å². The molecule has 19 heavy (non-hydrogen) atoms. The zero-order valence-electron chi connectivity index (χ0n) is 10.2. The summed E-state index contributed by atoms with van der Waals surface area (Å²) in [6.45, 7) is 1.73. The van der Waals surface area contributed by atoms with Crippen molar-refractivity contribution in [1.82, 2.24) is 4.90 Å². The van der Waals surface area contributed by atoms with E-state index in [1.807, 2.05) is 0 Å². The lowest BCUT2D eigenvalue weighted by molar-refractivity contribution is -0.147. The van der Waals surface area contributed by atoms with Gasteiger partial charge in [-0.2, -0.15) is 0 Å². The number of hydrogen-bond acceptors (Lipinski definition) is 5. The van der Waals surface area contributed by atoms with Crippen molar-refractivity contribution < 1.29 is 23.9 Å². The number of fused-ring (bicyclic) bond motifs is 1. The molecule has 0 N–H and O–H groups in total. The number of carbonyl (C=O) groups excluding carboxylic acids is 4. The van der Waals surface area contributed by atoms with Crippen LogP contribution in [-0.4, -0.2) is 35.2 Å². The number of nitrogens with zero attached hydrogens (tertiary/aromatic N) is 1. The highest BCUT2D eigenvalue weighted by Gasteiger charge is 2.40. The van der Waals surface area contributed by atoms with E-state index in [0.717, 1.165) is 0 Å². The Labute approximate surface area is 108 Å². The molecule has 2 rings (SSSR count). The van der Waals surface area contributed by atoms with Crippen LogP contribution in [0.4, 0.5) is 0 Å². The van der Waals surface area contributed by atoms with E-state index in [9.17, 15) is 19.2 Å². The predicted octanol–water partition coefficient (Wildman–Crippen LogP) is 0.762. The highest BCUT2D eigenvalue weighted by molar-refractivity contribution is 6.29. The van der Waals surface area contributed by atoms with Crippen LogP contribution in [0.1, 0.15) is 34.1 Å². The number of amides is 3. The number of benzene rings is 1. The summed E-state index contributed by atoms with van der Waals surface area (Å²) in [5.74, 6) is -3.03. The number of ether oxygens (including phenoxy) is 1. The Morgan fingerprint density at radius 3 is 2.11 bits per heavy atom. The molecule has 3 amide bonds. The molecule has 98 valence electrons. The van der Waals surface area contributed by atoms with E-state index in [2.05, 4.69) is 4.74 Å². The van der Waals surface area contributed by atoms with Crippen molar-refractivity contribution in [1.29, 1.82) is 0 Å². The highest BCUT2D eigenvalue weighted by atomic mass is 16.5. The van der Waals surface area contributed by atoms with Crippen LogP contribution in [0, 0.1) is 0 Å². The van der Waals surface area contributed by atoms with Gasteiger partial charge in [-0.05, 0) is 19.1 Å². The molecule has 1 aliphatic heterocycles. The molecule has 0 radical (unpaired) electrons. The third kappa shape index (κ3) is 2.24. The van der Waals surface area contributed by atoms with Gasteiger partial charge >= 0.3 is 5.97 Å². The standard InChI is InChI=1S/C13H11NO5/c1-2-19-11(16)7-10(15)14-12(17)8-5-3-4-6-9(8)13(14)18/h3-6H,2,7H2,1H3. The summed E-state index contributed by atoms with van der Waals surface area (Å²) in [6.07, 6.45) is -0.626. The average Bonchev–Trinajstić information content (AvgIpc) is 2.63. The first-order valence-corrected chi connectivity index (χ1v) is 5.72. The van der Waals surface area contributed by atoms with Crippen molar-refractivity contribution in [2.75, 3.05) is 6.61 Å². The molecule has 1 aromatic carbocycles. The molecule has 0 aliphatic carbocycles. The van der Waals surface area contributed by atoms with Crippen molar-refractivity contribution >= 4 is 23.7 Å². The molecule has 0 saturated carbocycles. The topological polar surface area (TPSA) is 80.8 Å². The maximum Gasteiger partial charge on any atom is 0.315 e. The summed E-state index contributed by atoms with van der Waals surface area (Å²) >= 11 is 0. The van der Waals surface area contributed by atoms with Gasteiger partial charge in [0, 0.05) is 0 Å². The number of hydrogen-bond donors (Lipinski definition) is 0. The van der Waals surface area contributed by atoms with Crippen molar-refractivity contribution in [3.05, 3.63) is 35.4 Å². The summed E-state index contributed by atoms with van der Waals surface area (Å²) in [6, 6.07) is 6.13. The number of carbonyl (C=O) groups is 4. The molecule has 1 aliphatic rings. The lowest BCUT2D eigenvalue weighted by Crippen LogP contribution is -2.37. The molecule has 1 heterocycles. The van der Waals surface area contributed by atoms with Crippen LogP contribution in [0.5, 0.6) is 0 Å². The van der Waals surface area contributed by atoms with Crippen LogP contribution >= 0.6 is 0 Å². The Kier molecular flexibility index (Phi) is 3.41. The molecule has 0 bridgehead atoms. The summed E-state index contributed by atoms with van der Waals surface area (Å²) in [7, 11) is 0. The van der Waals surface area contributed by atoms with Crippen LogP contribution in [0.15, 0.2) is 24.3 Å². The Balaban J connectivity index is 2.20. The van der Waals surface area contributed by atoms with Gasteiger partial charge in [-0.15, -0.1) is 0 Å². The third-order valence-electron chi connectivity index (χ3n) is 2.64. The van der Waals surface area contributed by atoms with Crippen LogP contribution < -0.4 is 0 Å². The van der Waals surface area contributed by atoms with Gasteiger partial charge in [0.15, 0.2) is 0 Å². The van der Waals surface area contributed by atoms with Gasteiger partial charge in [-0.1, -0.05) is 12.1 Å². The Morgan fingerprint density at radius 1 is 1.11 bits per heavy atom. The minimum absolute atomic E-state index is 0.133. The summed E-state index contributed by atoms with van der Waals surface area (Å²) in [4.78, 5) is 47.3. The van der Waals surface area contributed by atoms with Gasteiger partial charge in [-0.25, -0.2) is 4.90 Å². The van der Waals surface area contributed by atoms with Gasteiger partial charge < -0.3 is 4.74 Å². The van der Waals surface area contributed by atoms with E-state index in [-0.39, 0.29) is 17.7 Å². The smallest absolute Gasteiger partial charge is 0.315 e. The second kappa shape index (κ2) is 5.01. The number of rotatable bonds is 3. The third-order valence-corrected chi connectivity index (χ3v) is 2.64. The Hall–Kier alpha value is -2.50. The molecule has 0 atom stereocenters. The van der Waals surface area contributed by atoms with Crippen LogP contribution in [0.2, 0.25) is 0 Å². The Bertz CT molecular complexity index is 543. The fraction of sp³-hybridized carbons (Fsp3) is 0.231. The second-order valence-corrected chi connectivity index (χ2v) is 3.87. The SMILES string of the molecule is CCOC(=O)CC(=O)N1C(=O)c2ccccc2C1=O. The molecule has 6 nitrogen and oxygen atoms in total. The zero-order chi connectivity index (χ0) is 14.0. The lowest BCUT2D eigenvalue weighted by Gasteiger charge is -2.10. The molecule has 1 aromatic rings. The first-order valence-electron chi connectivity index (χ1n) is 5.72. The van der Waals surface area contributed by atoms with Crippen LogP contribution in [0.25, 0.3) is 0 Å².